The van der Waals surface area contributed by atoms with Crippen molar-refractivity contribution in [3.63, 3.8) is 0 Å². The molecule has 9 nitrogen and oxygen atoms in total. The largest absolute Gasteiger partial charge is 0.756 e. The van der Waals surface area contributed by atoms with Gasteiger partial charge in [0.1, 0.15) is 19.3 Å². The zero-order valence-electron chi connectivity index (χ0n) is 50.8. The molecule has 4 atom stereocenters. The molecular formula is C67H123N2O7P. The van der Waals surface area contributed by atoms with Crippen LogP contribution in [-0.4, -0.2) is 79.8 Å². The molecule has 0 fully saturated rings. The predicted molar refractivity (Wildman–Crippen MR) is 331 cm³/mol. The fraction of sp³-hybridized carbons (Fsp3) is 0.776. The Morgan fingerprint density at radius 1 is 0.494 bits per heavy atom. The topological polar surface area (TPSA) is 128 Å². The fourth-order valence-electron chi connectivity index (χ4n) is 9.29. The van der Waals surface area contributed by atoms with Crippen molar-refractivity contribution in [2.45, 2.75) is 295 Å². The van der Waals surface area contributed by atoms with Gasteiger partial charge in [-0.1, -0.05) is 259 Å². The summed E-state index contributed by atoms with van der Waals surface area (Å²) in [6.07, 6.45) is 77.2. The highest BCUT2D eigenvalue weighted by molar-refractivity contribution is 7.45. The maximum atomic E-state index is 13.0. The maximum Gasteiger partial charge on any atom is 0.268 e. The molecule has 0 radical (unpaired) electrons. The number of hydrogen-bond donors (Lipinski definition) is 3. The molecule has 0 bridgehead atoms. The van der Waals surface area contributed by atoms with Crippen molar-refractivity contribution < 1.29 is 38.0 Å². The van der Waals surface area contributed by atoms with Gasteiger partial charge in [-0.05, 0) is 96.8 Å². The molecule has 0 rings (SSSR count). The number of phosphoric acid groups is 1. The summed E-state index contributed by atoms with van der Waals surface area (Å²) in [6.45, 7) is 4.09. The third-order valence-electron chi connectivity index (χ3n) is 14.3. The summed E-state index contributed by atoms with van der Waals surface area (Å²) in [5, 5.41) is 24.7. The number of nitrogens with one attached hydrogen (secondary N) is 1. The summed E-state index contributed by atoms with van der Waals surface area (Å²) < 4.78 is 23.2. The quantitative estimate of drug-likeness (QED) is 0.0239. The Morgan fingerprint density at radius 3 is 1.26 bits per heavy atom. The van der Waals surface area contributed by atoms with Crippen molar-refractivity contribution in [3.05, 3.63) is 85.1 Å². The number of nitrogens with zero attached hydrogens (tertiary/aromatic N) is 1. The first-order valence-electron chi connectivity index (χ1n) is 32.0. The normalized spacial score (nSPS) is 14.8. The van der Waals surface area contributed by atoms with Crippen molar-refractivity contribution in [3.8, 4) is 0 Å². The Labute approximate surface area is 476 Å². The van der Waals surface area contributed by atoms with Crippen molar-refractivity contribution in [1.29, 1.82) is 0 Å². The van der Waals surface area contributed by atoms with Crippen LogP contribution < -0.4 is 10.2 Å². The monoisotopic (exact) mass is 1100 g/mol. The Morgan fingerprint density at radius 2 is 0.844 bits per heavy atom. The zero-order valence-corrected chi connectivity index (χ0v) is 51.7. The lowest BCUT2D eigenvalue weighted by Crippen LogP contribution is -2.51. The minimum absolute atomic E-state index is 0.0511. The summed E-state index contributed by atoms with van der Waals surface area (Å²) in [5.41, 5.74) is 0. The molecule has 10 heteroatoms. The molecule has 0 aromatic carbocycles. The molecule has 3 N–H and O–H groups in total. The van der Waals surface area contributed by atoms with E-state index in [0.29, 0.717) is 30.3 Å². The molecule has 0 saturated heterocycles. The van der Waals surface area contributed by atoms with Gasteiger partial charge in [-0.3, -0.25) is 9.36 Å². The van der Waals surface area contributed by atoms with Crippen LogP contribution in [0, 0.1) is 0 Å². The van der Waals surface area contributed by atoms with E-state index in [1.54, 1.807) is 0 Å². The van der Waals surface area contributed by atoms with Crippen LogP contribution >= 0.6 is 7.82 Å². The summed E-state index contributed by atoms with van der Waals surface area (Å²) in [4.78, 5) is 25.5. The number of rotatable bonds is 58. The molecule has 0 heterocycles. The molecule has 1 amide bonds. The first-order valence-corrected chi connectivity index (χ1v) is 33.4. The number of unbranched alkanes of at least 4 members (excludes halogenated alkanes) is 31. The molecule has 0 aliphatic heterocycles. The molecule has 4 unspecified atom stereocenters. The number of carbonyl (C=O) groups is 1. The third kappa shape index (κ3) is 58.1. The SMILES string of the molecule is C/C=C/CC/C=C/CC/C=C/CCCC(O)C(O)C(COP(=O)([O-])OCC[N+](C)(C)C)NC(=O)CCCCCCCCCCCCCCCCCCCCCCCCCCCCCC/C=C\C/C=C\C/C=C\C/C=C\CC. The number of amides is 1. The minimum Gasteiger partial charge on any atom is -0.756 e. The lowest BCUT2D eigenvalue weighted by atomic mass is 10.0. The average Bonchev–Trinajstić information content (AvgIpc) is 3.39. The number of aliphatic hydroxyl groups is 2. The van der Waals surface area contributed by atoms with E-state index < -0.39 is 32.7 Å². The van der Waals surface area contributed by atoms with Crippen LogP contribution in [-0.2, 0) is 18.4 Å². The second-order valence-corrected chi connectivity index (χ2v) is 24.3. The van der Waals surface area contributed by atoms with Crippen molar-refractivity contribution in [1.82, 2.24) is 5.32 Å². The van der Waals surface area contributed by atoms with Gasteiger partial charge >= 0.3 is 0 Å². The van der Waals surface area contributed by atoms with Gasteiger partial charge in [0.05, 0.1) is 39.9 Å². The standard InChI is InChI=1S/C67H123N2O7P/c1-6-8-10-12-14-16-18-20-21-22-23-24-25-26-27-28-29-30-31-32-33-34-35-36-37-38-39-40-41-42-43-44-45-46-47-48-50-52-54-56-58-60-66(71)68-64(63-76-77(73,74)75-62-61-69(3,4)5)67(72)65(70)59-57-55-53-51-49-19-17-15-13-11-9-7-2/h7-10,14-17,20-21,23-24,51,53,64-65,67,70,72H,6,11-13,18-19,22,25-50,52,54-63H2,1-5H3,(H-,68,71,73,74)/b9-7+,10-8-,16-14-,17-15+,21-20-,24-23-,53-51+. The second-order valence-electron chi connectivity index (χ2n) is 22.9. The van der Waals surface area contributed by atoms with Gasteiger partial charge < -0.3 is 34.0 Å². The maximum absolute atomic E-state index is 13.0. The summed E-state index contributed by atoms with van der Waals surface area (Å²) in [7, 11) is 1.10. The molecule has 0 aromatic heterocycles. The van der Waals surface area contributed by atoms with Gasteiger partial charge in [-0.15, -0.1) is 0 Å². The molecule has 448 valence electrons. The second kappa shape index (κ2) is 56.9. The van der Waals surface area contributed by atoms with Crippen LogP contribution in [0.3, 0.4) is 0 Å². The highest BCUT2D eigenvalue weighted by Crippen LogP contribution is 2.38. The van der Waals surface area contributed by atoms with Crippen LogP contribution in [0.2, 0.25) is 0 Å². The van der Waals surface area contributed by atoms with E-state index in [-0.39, 0.29) is 18.9 Å². The Kier molecular flexibility index (Phi) is 55.2. The lowest BCUT2D eigenvalue weighted by Gasteiger charge is -2.31. The zero-order chi connectivity index (χ0) is 56.4. The average molecular weight is 1100 g/mol. The Balaban J connectivity index is 3.91. The molecule has 0 spiro atoms. The van der Waals surface area contributed by atoms with Crippen molar-refractivity contribution in [2.24, 2.45) is 0 Å². The summed E-state index contributed by atoms with van der Waals surface area (Å²) >= 11 is 0. The highest BCUT2D eigenvalue weighted by Gasteiger charge is 2.29. The van der Waals surface area contributed by atoms with Gasteiger partial charge in [0.25, 0.3) is 7.82 Å². The minimum atomic E-state index is -4.69. The fourth-order valence-corrected chi connectivity index (χ4v) is 10.0. The first-order chi connectivity index (χ1) is 37.4. The Bertz CT molecular complexity index is 1550. The lowest BCUT2D eigenvalue weighted by molar-refractivity contribution is -0.870. The van der Waals surface area contributed by atoms with Gasteiger partial charge in [0.2, 0.25) is 5.91 Å². The first kappa shape index (κ1) is 74.6. The third-order valence-corrected chi connectivity index (χ3v) is 15.2. The number of hydrogen-bond acceptors (Lipinski definition) is 7. The number of phosphoric ester groups is 1. The predicted octanol–water partition coefficient (Wildman–Crippen LogP) is 18.3. The van der Waals surface area contributed by atoms with E-state index in [0.717, 1.165) is 77.0 Å². The van der Waals surface area contributed by atoms with Crippen molar-refractivity contribution in [2.75, 3.05) is 40.9 Å². The van der Waals surface area contributed by atoms with Crippen LogP contribution in [0.25, 0.3) is 0 Å². The van der Waals surface area contributed by atoms with Gasteiger partial charge in [0, 0.05) is 6.42 Å². The Hall–Kier alpha value is -2.36. The van der Waals surface area contributed by atoms with E-state index >= 15 is 0 Å². The molecule has 77 heavy (non-hydrogen) atoms. The molecular weight excluding hydrogens is 976 g/mol. The van der Waals surface area contributed by atoms with Crippen LogP contribution in [0.4, 0.5) is 0 Å². The molecule has 0 saturated carbocycles. The van der Waals surface area contributed by atoms with Crippen LogP contribution in [0.15, 0.2) is 85.1 Å². The van der Waals surface area contributed by atoms with Gasteiger partial charge in [0.15, 0.2) is 0 Å². The van der Waals surface area contributed by atoms with Gasteiger partial charge in [-0.25, -0.2) is 0 Å². The number of allylic oxidation sites excluding steroid dienone is 14. The van der Waals surface area contributed by atoms with Crippen LogP contribution in [0.5, 0.6) is 0 Å². The molecule has 0 aliphatic carbocycles. The van der Waals surface area contributed by atoms with Gasteiger partial charge in [-0.2, -0.15) is 0 Å². The summed E-state index contributed by atoms with van der Waals surface area (Å²) in [6, 6.07) is -1.10. The molecule has 0 aliphatic rings. The van der Waals surface area contributed by atoms with E-state index in [9.17, 15) is 24.5 Å². The van der Waals surface area contributed by atoms with E-state index in [1.165, 1.54) is 161 Å². The number of likely N-dealkylation sites (N-methyl/N-ethyl adjacent to an activating group) is 1. The van der Waals surface area contributed by atoms with Crippen molar-refractivity contribution >= 4 is 13.7 Å². The van der Waals surface area contributed by atoms with Crippen LogP contribution in [0.1, 0.15) is 277 Å². The van der Waals surface area contributed by atoms with E-state index in [2.05, 4.69) is 97.3 Å². The summed E-state index contributed by atoms with van der Waals surface area (Å²) in [5.74, 6) is -0.293. The molecule has 0 aromatic rings. The highest BCUT2D eigenvalue weighted by atomic mass is 31.2. The van der Waals surface area contributed by atoms with E-state index in [4.69, 9.17) is 9.05 Å². The number of aliphatic hydroxyl groups excluding tert-OH is 2. The van der Waals surface area contributed by atoms with E-state index in [1.807, 2.05) is 28.1 Å². The number of carbonyl (C=O) groups excluding carboxylic acids is 1. The number of quaternary nitrogens is 1. The smallest absolute Gasteiger partial charge is 0.268 e.